The molecule has 1 aromatic heterocycles. The minimum absolute atomic E-state index is 0.135. The Labute approximate surface area is 183 Å². The van der Waals surface area contributed by atoms with E-state index in [4.69, 9.17) is 4.74 Å². The smallest absolute Gasteiger partial charge is 0.226 e. The summed E-state index contributed by atoms with van der Waals surface area (Å²) in [6, 6.07) is 20.1. The first-order valence-corrected chi connectivity index (χ1v) is 10.7. The maximum atomic E-state index is 12.6. The van der Waals surface area contributed by atoms with Crippen molar-refractivity contribution in [3.8, 4) is 17.0 Å². The number of amides is 1. The number of nitrogens with zero attached hydrogens (tertiary/aromatic N) is 4. The first kappa shape index (κ1) is 20.8. The van der Waals surface area contributed by atoms with E-state index in [0.717, 1.165) is 41.7 Å². The largest absolute Gasteiger partial charge is 0.493 e. The predicted octanol–water partition coefficient (Wildman–Crippen LogP) is 3.88. The molecular formula is C25H28N4O2. The van der Waals surface area contributed by atoms with Gasteiger partial charge in [0.15, 0.2) is 0 Å². The fraction of sp³-hybridized carbons (Fsp3) is 0.320. The highest BCUT2D eigenvalue weighted by atomic mass is 16.5. The Morgan fingerprint density at radius 3 is 2.35 bits per heavy atom. The SMILES string of the molecule is Cc1ccc(OCCC(=O)N2CCN(c3cc(-c4ccccc4)nc(C)n3)CC2)cc1. The van der Waals surface area contributed by atoms with Crippen molar-refractivity contribution in [2.75, 3.05) is 37.7 Å². The van der Waals surface area contributed by atoms with Crippen LogP contribution in [-0.4, -0.2) is 53.6 Å². The van der Waals surface area contributed by atoms with Crippen LogP contribution in [0.5, 0.6) is 5.75 Å². The van der Waals surface area contributed by atoms with Crippen molar-refractivity contribution in [2.24, 2.45) is 0 Å². The number of ether oxygens (including phenoxy) is 1. The monoisotopic (exact) mass is 416 g/mol. The van der Waals surface area contributed by atoms with E-state index in [2.05, 4.69) is 27.0 Å². The number of hydrogen-bond acceptors (Lipinski definition) is 5. The summed E-state index contributed by atoms with van der Waals surface area (Å²) in [5.74, 6) is 2.61. The van der Waals surface area contributed by atoms with Crippen LogP contribution in [-0.2, 0) is 4.79 Å². The first-order valence-electron chi connectivity index (χ1n) is 10.7. The summed E-state index contributed by atoms with van der Waals surface area (Å²) >= 11 is 0. The molecule has 31 heavy (non-hydrogen) atoms. The van der Waals surface area contributed by atoms with Gasteiger partial charge in [-0.25, -0.2) is 9.97 Å². The van der Waals surface area contributed by atoms with Crippen molar-refractivity contribution < 1.29 is 9.53 Å². The molecule has 2 aromatic carbocycles. The predicted molar refractivity (Wildman–Crippen MR) is 122 cm³/mol. The molecule has 1 amide bonds. The summed E-state index contributed by atoms with van der Waals surface area (Å²) in [6.45, 7) is 7.25. The van der Waals surface area contributed by atoms with Gasteiger partial charge < -0.3 is 14.5 Å². The van der Waals surface area contributed by atoms with E-state index in [0.29, 0.717) is 26.1 Å². The van der Waals surface area contributed by atoms with E-state index in [-0.39, 0.29) is 5.91 Å². The van der Waals surface area contributed by atoms with Gasteiger partial charge >= 0.3 is 0 Å². The highest BCUT2D eigenvalue weighted by molar-refractivity contribution is 5.76. The molecule has 6 heteroatoms. The number of rotatable bonds is 6. The minimum Gasteiger partial charge on any atom is -0.493 e. The van der Waals surface area contributed by atoms with Gasteiger partial charge in [-0.05, 0) is 26.0 Å². The normalized spacial score (nSPS) is 13.9. The Balaban J connectivity index is 1.30. The molecule has 0 aliphatic carbocycles. The van der Waals surface area contributed by atoms with Crippen LogP contribution < -0.4 is 9.64 Å². The van der Waals surface area contributed by atoms with Crippen LogP contribution in [0.15, 0.2) is 60.7 Å². The molecule has 0 bridgehead atoms. The van der Waals surface area contributed by atoms with Gasteiger partial charge in [0.2, 0.25) is 5.91 Å². The van der Waals surface area contributed by atoms with Crippen LogP contribution in [0.4, 0.5) is 5.82 Å². The van der Waals surface area contributed by atoms with E-state index in [1.54, 1.807) is 0 Å². The van der Waals surface area contributed by atoms with Gasteiger partial charge in [-0.2, -0.15) is 0 Å². The number of anilines is 1. The van der Waals surface area contributed by atoms with Crippen LogP contribution in [0.25, 0.3) is 11.3 Å². The van der Waals surface area contributed by atoms with Gasteiger partial charge in [0, 0.05) is 37.8 Å². The average Bonchev–Trinajstić information content (AvgIpc) is 2.80. The summed E-state index contributed by atoms with van der Waals surface area (Å²) in [5.41, 5.74) is 3.20. The molecule has 0 N–H and O–H groups in total. The maximum absolute atomic E-state index is 12.6. The molecule has 0 spiro atoms. The Hall–Kier alpha value is -3.41. The number of carbonyl (C=O) groups excluding carboxylic acids is 1. The quantitative estimate of drug-likeness (QED) is 0.610. The fourth-order valence-electron chi connectivity index (χ4n) is 3.70. The molecule has 0 radical (unpaired) electrons. The number of hydrogen-bond donors (Lipinski definition) is 0. The molecule has 160 valence electrons. The zero-order chi connectivity index (χ0) is 21.6. The topological polar surface area (TPSA) is 58.6 Å². The van der Waals surface area contributed by atoms with Gasteiger partial charge in [-0.3, -0.25) is 4.79 Å². The number of aromatic nitrogens is 2. The third-order valence-corrected chi connectivity index (χ3v) is 5.46. The molecule has 4 rings (SSSR count). The molecule has 6 nitrogen and oxygen atoms in total. The van der Waals surface area contributed by atoms with Crippen molar-refractivity contribution in [1.82, 2.24) is 14.9 Å². The van der Waals surface area contributed by atoms with E-state index < -0.39 is 0 Å². The Morgan fingerprint density at radius 2 is 1.65 bits per heavy atom. The number of carbonyl (C=O) groups is 1. The van der Waals surface area contributed by atoms with Crippen LogP contribution in [0.2, 0.25) is 0 Å². The average molecular weight is 417 g/mol. The molecule has 1 saturated heterocycles. The van der Waals surface area contributed by atoms with Gasteiger partial charge in [-0.15, -0.1) is 0 Å². The third kappa shape index (κ3) is 5.40. The van der Waals surface area contributed by atoms with Gasteiger partial charge in [0.05, 0.1) is 18.7 Å². The third-order valence-electron chi connectivity index (χ3n) is 5.46. The second-order valence-corrected chi connectivity index (χ2v) is 7.80. The Kier molecular flexibility index (Phi) is 6.46. The number of piperazine rings is 1. The van der Waals surface area contributed by atoms with Crippen LogP contribution >= 0.6 is 0 Å². The van der Waals surface area contributed by atoms with Gasteiger partial charge in [-0.1, -0.05) is 48.0 Å². The minimum atomic E-state index is 0.135. The van der Waals surface area contributed by atoms with Gasteiger partial charge in [0.25, 0.3) is 0 Å². The number of benzene rings is 2. The van der Waals surface area contributed by atoms with Crippen molar-refractivity contribution in [1.29, 1.82) is 0 Å². The molecule has 0 unspecified atom stereocenters. The molecular weight excluding hydrogens is 388 g/mol. The fourth-order valence-corrected chi connectivity index (χ4v) is 3.70. The standard InChI is InChI=1S/C25H28N4O2/c1-19-8-10-22(11-9-19)31-17-12-25(30)29-15-13-28(14-16-29)24-18-23(26-20(2)27-24)21-6-4-3-5-7-21/h3-11,18H,12-17H2,1-2H3. The lowest BCUT2D eigenvalue weighted by Crippen LogP contribution is -2.49. The molecule has 1 aliphatic heterocycles. The second-order valence-electron chi connectivity index (χ2n) is 7.80. The molecule has 1 fully saturated rings. The van der Waals surface area contributed by atoms with Gasteiger partial charge in [0.1, 0.15) is 17.4 Å². The summed E-state index contributed by atoms with van der Waals surface area (Å²) in [5, 5.41) is 0. The Bertz CT molecular complexity index is 1010. The lowest BCUT2D eigenvalue weighted by atomic mass is 10.1. The highest BCUT2D eigenvalue weighted by Crippen LogP contribution is 2.22. The van der Waals surface area contributed by atoms with Crippen LogP contribution in [0.3, 0.4) is 0 Å². The molecule has 0 atom stereocenters. The van der Waals surface area contributed by atoms with E-state index in [9.17, 15) is 4.79 Å². The first-order chi connectivity index (χ1) is 15.1. The lowest BCUT2D eigenvalue weighted by molar-refractivity contribution is -0.132. The zero-order valence-electron chi connectivity index (χ0n) is 18.1. The summed E-state index contributed by atoms with van der Waals surface area (Å²) < 4.78 is 5.71. The molecule has 1 aliphatic rings. The highest BCUT2D eigenvalue weighted by Gasteiger charge is 2.22. The lowest BCUT2D eigenvalue weighted by Gasteiger charge is -2.35. The van der Waals surface area contributed by atoms with Crippen LogP contribution in [0, 0.1) is 13.8 Å². The van der Waals surface area contributed by atoms with E-state index in [1.165, 1.54) is 5.56 Å². The summed E-state index contributed by atoms with van der Waals surface area (Å²) in [6.07, 6.45) is 0.388. The van der Waals surface area contributed by atoms with Crippen molar-refractivity contribution in [3.05, 3.63) is 72.1 Å². The van der Waals surface area contributed by atoms with E-state index >= 15 is 0 Å². The van der Waals surface area contributed by atoms with Crippen molar-refractivity contribution in [3.63, 3.8) is 0 Å². The number of aryl methyl sites for hydroxylation is 2. The second kappa shape index (κ2) is 9.60. The zero-order valence-corrected chi connectivity index (χ0v) is 18.1. The Morgan fingerprint density at radius 1 is 0.935 bits per heavy atom. The van der Waals surface area contributed by atoms with Crippen molar-refractivity contribution >= 4 is 11.7 Å². The van der Waals surface area contributed by atoms with Crippen molar-refractivity contribution in [2.45, 2.75) is 20.3 Å². The maximum Gasteiger partial charge on any atom is 0.226 e. The molecule has 2 heterocycles. The molecule has 0 saturated carbocycles. The molecule has 3 aromatic rings. The van der Waals surface area contributed by atoms with Crippen LogP contribution in [0.1, 0.15) is 17.8 Å². The summed E-state index contributed by atoms with van der Waals surface area (Å²) in [4.78, 5) is 26.0. The summed E-state index contributed by atoms with van der Waals surface area (Å²) in [7, 11) is 0. The van der Waals surface area contributed by atoms with E-state index in [1.807, 2.05) is 67.3 Å².